The van der Waals surface area contributed by atoms with E-state index in [1.54, 1.807) is 38.1 Å². The summed E-state index contributed by atoms with van der Waals surface area (Å²) in [6.07, 6.45) is -0.229. The minimum Gasteiger partial charge on any atom is -0.493 e. The van der Waals surface area contributed by atoms with Gasteiger partial charge in [-0.3, -0.25) is 9.59 Å². The largest absolute Gasteiger partial charge is 0.493 e. The van der Waals surface area contributed by atoms with Crippen molar-refractivity contribution < 1.29 is 33.0 Å². The molecule has 0 fully saturated rings. The van der Waals surface area contributed by atoms with E-state index in [0.717, 1.165) is 0 Å². The predicted molar refractivity (Wildman–Crippen MR) is 128 cm³/mol. The third-order valence-electron chi connectivity index (χ3n) is 4.63. The number of anilines is 2. The standard InChI is InChI=1S/C26H25FN2O6/c1-16(2)35-26(32)17-4-9-21(10-5-17)29-25(31)18-6-13-22(23(14-18)33-3)34-15-24(30)28-20-11-7-19(27)8-12-20/h4-14,16H,15H2,1-3H3,(H,28,30)(H,29,31). The van der Waals surface area contributed by atoms with Crippen molar-refractivity contribution in [3.05, 3.63) is 83.7 Å². The van der Waals surface area contributed by atoms with Crippen molar-refractivity contribution in [3.63, 3.8) is 0 Å². The Hall–Kier alpha value is -4.40. The van der Waals surface area contributed by atoms with Gasteiger partial charge in [-0.25, -0.2) is 9.18 Å². The predicted octanol–water partition coefficient (Wildman–Crippen LogP) is 4.67. The fourth-order valence-corrected chi connectivity index (χ4v) is 2.98. The molecule has 0 unspecified atom stereocenters. The molecule has 0 saturated heterocycles. The molecular weight excluding hydrogens is 455 g/mol. The summed E-state index contributed by atoms with van der Waals surface area (Å²) < 4.78 is 28.9. The Labute approximate surface area is 202 Å². The van der Waals surface area contributed by atoms with Gasteiger partial charge in [-0.1, -0.05) is 0 Å². The van der Waals surface area contributed by atoms with Crippen molar-refractivity contribution in [2.75, 3.05) is 24.4 Å². The van der Waals surface area contributed by atoms with Gasteiger partial charge in [0, 0.05) is 16.9 Å². The normalized spacial score (nSPS) is 10.4. The lowest BCUT2D eigenvalue weighted by molar-refractivity contribution is -0.118. The first-order valence-corrected chi connectivity index (χ1v) is 10.7. The zero-order valence-corrected chi connectivity index (χ0v) is 19.5. The molecular formula is C26H25FN2O6. The average molecular weight is 480 g/mol. The Morgan fingerprint density at radius 2 is 1.43 bits per heavy atom. The monoisotopic (exact) mass is 480 g/mol. The van der Waals surface area contributed by atoms with E-state index in [2.05, 4.69) is 10.6 Å². The van der Waals surface area contributed by atoms with E-state index in [-0.39, 0.29) is 24.2 Å². The van der Waals surface area contributed by atoms with E-state index in [9.17, 15) is 18.8 Å². The van der Waals surface area contributed by atoms with Crippen molar-refractivity contribution in [1.29, 1.82) is 0 Å². The van der Waals surface area contributed by atoms with Crippen LogP contribution in [-0.4, -0.2) is 37.6 Å². The van der Waals surface area contributed by atoms with Crippen molar-refractivity contribution >= 4 is 29.2 Å². The number of methoxy groups -OCH3 is 1. The van der Waals surface area contributed by atoms with Crippen molar-refractivity contribution in [2.45, 2.75) is 20.0 Å². The first kappa shape index (κ1) is 25.2. The number of benzene rings is 3. The number of hydrogen-bond donors (Lipinski definition) is 2. The Kier molecular flexibility index (Phi) is 8.39. The van der Waals surface area contributed by atoms with Crippen LogP contribution < -0.4 is 20.1 Å². The quantitative estimate of drug-likeness (QED) is 0.432. The zero-order valence-electron chi connectivity index (χ0n) is 19.5. The van der Waals surface area contributed by atoms with Gasteiger partial charge in [-0.05, 0) is 80.6 Å². The number of nitrogens with one attached hydrogen (secondary N) is 2. The zero-order chi connectivity index (χ0) is 25.4. The molecule has 2 amide bonds. The number of esters is 1. The highest BCUT2D eigenvalue weighted by atomic mass is 19.1. The summed E-state index contributed by atoms with van der Waals surface area (Å²) in [5, 5.41) is 5.33. The Bertz CT molecular complexity index is 1190. The molecule has 0 saturated carbocycles. The maximum Gasteiger partial charge on any atom is 0.338 e. The van der Waals surface area contributed by atoms with E-state index in [1.165, 1.54) is 49.6 Å². The van der Waals surface area contributed by atoms with Crippen LogP contribution in [-0.2, 0) is 9.53 Å². The van der Waals surface area contributed by atoms with E-state index in [4.69, 9.17) is 14.2 Å². The summed E-state index contributed by atoms with van der Waals surface area (Å²) in [5.74, 6) is -1.16. The summed E-state index contributed by atoms with van der Waals surface area (Å²) in [6.45, 7) is 3.21. The Balaban J connectivity index is 1.59. The number of rotatable bonds is 9. The molecule has 8 nitrogen and oxygen atoms in total. The minimum absolute atomic E-state index is 0.229. The van der Waals surface area contributed by atoms with Crippen LogP contribution in [0.5, 0.6) is 11.5 Å². The molecule has 0 aliphatic rings. The fraction of sp³-hybridized carbons (Fsp3) is 0.192. The van der Waals surface area contributed by atoms with Gasteiger partial charge in [0.25, 0.3) is 11.8 Å². The Morgan fingerprint density at radius 3 is 2.06 bits per heavy atom. The second kappa shape index (κ2) is 11.6. The molecule has 3 aromatic rings. The van der Waals surface area contributed by atoms with Gasteiger partial charge in [-0.2, -0.15) is 0 Å². The number of carbonyl (C=O) groups excluding carboxylic acids is 3. The number of hydrogen-bond acceptors (Lipinski definition) is 6. The van der Waals surface area contributed by atoms with E-state index in [0.29, 0.717) is 22.5 Å². The van der Waals surface area contributed by atoms with Crippen LogP contribution in [0.2, 0.25) is 0 Å². The third-order valence-corrected chi connectivity index (χ3v) is 4.63. The Morgan fingerprint density at radius 1 is 0.829 bits per heavy atom. The van der Waals surface area contributed by atoms with Gasteiger partial charge >= 0.3 is 5.97 Å². The molecule has 0 radical (unpaired) electrons. The van der Waals surface area contributed by atoms with E-state index < -0.39 is 23.6 Å². The smallest absolute Gasteiger partial charge is 0.338 e. The van der Waals surface area contributed by atoms with Gasteiger partial charge in [0.2, 0.25) is 0 Å². The number of ether oxygens (including phenoxy) is 3. The lowest BCUT2D eigenvalue weighted by Crippen LogP contribution is -2.20. The molecule has 0 spiro atoms. The summed E-state index contributed by atoms with van der Waals surface area (Å²) in [4.78, 5) is 36.7. The molecule has 0 aliphatic carbocycles. The van der Waals surface area contributed by atoms with E-state index >= 15 is 0 Å². The first-order valence-electron chi connectivity index (χ1n) is 10.7. The van der Waals surface area contributed by atoms with Gasteiger partial charge < -0.3 is 24.8 Å². The van der Waals surface area contributed by atoms with Gasteiger partial charge in [0.05, 0.1) is 18.8 Å². The molecule has 0 aromatic heterocycles. The summed E-state index contributed by atoms with van der Waals surface area (Å²) >= 11 is 0. The van der Waals surface area contributed by atoms with E-state index in [1.807, 2.05) is 0 Å². The highest BCUT2D eigenvalue weighted by Crippen LogP contribution is 2.28. The van der Waals surface area contributed by atoms with Crippen LogP contribution in [0, 0.1) is 5.82 Å². The molecule has 0 aliphatic heterocycles. The first-order chi connectivity index (χ1) is 16.7. The van der Waals surface area contributed by atoms with Gasteiger partial charge in [0.15, 0.2) is 18.1 Å². The molecule has 0 bridgehead atoms. The molecule has 3 aromatic carbocycles. The highest BCUT2D eigenvalue weighted by molar-refractivity contribution is 6.05. The number of carbonyl (C=O) groups is 3. The average Bonchev–Trinajstić information content (AvgIpc) is 2.84. The number of halogens is 1. The molecule has 35 heavy (non-hydrogen) atoms. The molecule has 3 rings (SSSR count). The van der Waals surface area contributed by atoms with Crippen molar-refractivity contribution in [2.24, 2.45) is 0 Å². The number of amides is 2. The lowest BCUT2D eigenvalue weighted by Gasteiger charge is -2.13. The topological polar surface area (TPSA) is 103 Å². The summed E-state index contributed by atoms with van der Waals surface area (Å²) in [7, 11) is 1.41. The molecule has 0 heterocycles. The van der Waals surface area contributed by atoms with Crippen LogP contribution in [0.25, 0.3) is 0 Å². The maximum atomic E-state index is 13.0. The van der Waals surface area contributed by atoms with Crippen molar-refractivity contribution in [3.8, 4) is 11.5 Å². The van der Waals surface area contributed by atoms with Crippen molar-refractivity contribution in [1.82, 2.24) is 0 Å². The summed E-state index contributed by atoms with van der Waals surface area (Å²) in [6, 6.07) is 16.2. The van der Waals surface area contributed by atoms with Crippen LogP contribution in [0.15, 0.2) is 66.7 Å². The maximum absolute atomic E-state index is 13.0. The van der Waals surface area contributed by atoms with Crippen LogP contribution in [0.3, 0.4) is 0 Å². The molecule has 0 atom stereocenters. The highest BCUT2D eigenvalue weighted by Gasteiger charge is 2.14. The second-order valence-corrected chi connectivity index (χ2v) is 7.69. The third kappa shape index (κ3) is 7.29. The SMILES string of the molecule is COc1cc(C(=O)Nc2ccc(C(=O)OC(C)C)cc2)ccc1OCC(=O)Nc1ccc(F)cc1. The molecule has 2 N–H and O–H groups in total. The van der Waals surface area contributed by atoms with Crippen LogP contribution in [0.1, 0.15) is 34.6 Å². The molecule has 182 valence electrons. The minimum atomic E-state index is -0.443. The lowest BCUT2D eigenvalue weighted by atomic mass is 10.1. The van der Waals surface area contributed by atoms with Gasteiger partial charge in [-0.15, -0.1) is 0 Å². The second-order valence-electron chi connectivity index (χ2n) is 7.69. The van der Waals surface area contributed by atoms with Crippen LogP contribution >= 0.6 is 0 Å². The fourth-order valence-electron chi connectivity index (χ4n) is 2.98. The molecule has 9 heteroatoms. The van der Waals surface area contributed by atoms with Crippen LogP contribution in [0.4, 0.5) is 15.8 Å². The summed E-state index contributed by atoms with van der Waals surface area (Å²) in [5.41, 5.74) is 1.60. The van der Waals surface area contributed by atoms with Gasteiger partial charge in [0.1, 0.15) is 5.82 Å².